The van der Waals surface area contributed by atoms with E-state index in [1.807, 2.05) is 19.1 Å². The van der Waals surface area contributed by atoms with Crippen molar-refractivity contribution in [1.82, 2.24) is 19.7 Å². The van der Waals surface area contributed by atoms with Gasteiger partial charge in [0.15, 0.2) is 0 Å². The predicted molar refractivity (Wildman–Crippen MR) is 111 cm³/mol. The van der Waals surface area contributed by atoms with Gasteiger partial charge in [-0.05, 0) is 48.7 Å². The van der Waals surface area contributed by atoms with Crippen LogP contribution in [0.5, 0.6) is 0 Å². The summed E-state index contributed by atoms with van der Waals surface area (Å²) in [6.45, 7) is 4.30. The summed E-state index contributed by atoms with van der Waals surface area (Å²) in [7, 11) is 0. The van der Waals surface area contributed by atoms with E-state index in [4.69, 9.17) is 4.74 Å². The van der Waals surface area contributed by atoms with Gasteiger partial charge in [-0.25, -0.2) is 17.9 Å². The second kappa shape index (κ2) is 7.65. The third kappa shape index (κ3) is 4.03. The molecule has 3 aromatic rings. The number of hydrogen-bond acceptors (Lipinski definition) is 5. The highest BCUT2D eigenvalue weighted by atomic mass is 19.1. The highest BCUT2D eigenvalue weighted by Gasteiger charge is 2.43. The van der Waals surface area contributed by atoms with Gasteiger partial charge >= 0.3 is 0 Å². The highest BCUT2D eigenvalue weighted by Crippen LogP contribution is 2.39. The molecule has 2 aliphatic rings. The first-order chi connectivity index (χ1) is 14.9. The summed E-state index contributed by atoms with van der Waals surface area (Å²) in [6.07, 6.45) is 1.80. The van der Waals surface area contributed by atoms with Gasteiger partial charge in [0.1, 0.15) is 23.6 Å². The van der Waals surface area contributed by atoms with Crippen LogP contribution in [0.1, 0.15) is 19.0 Å². The van der Waals surface area contributed by atoms with Crippen LogP contribution in [0.25, 0.3) is 5.69 Å². The molecule has 2 aliphatic heterocycles. The van der Waals surface area contributed by atoms with Crippen molar-refractivity contribution in [3.63, 3.8) is 0 Å². The molecule has 1 N–H and O–H groups in total. The fourth-order valence-corrected chi connectivity index (χ4v) is 4.14. The number of benzene rings is 2. The molecule has 0 saturated carbocycles. The minimum absolute atomic E-state index is 0. The number of anilines is 2. The first-order valence-electron chi connectivity index (χ1n) is 10.2. The molecule has 2 saturated heterocycles. The molecular weight excluding hydrogens is 407 g/mol. The van der Waals surface area contributed by atoms with Gasteiger partial charge in [0.25, 0.3) is 0 Å². The smallest absolute Gasteiger partial charge is 0.246 e. The van der Waals surface area contributed by atoms with Crippen LogP contribution >= 0.6 is 0 Å². The molecule has 9 heteroatoms. The number of alkyl halides is 1. The topological polar surface area (TPSA) is 55.2 Å². The van der Waals surface area contributed by atoms with E-state index in [9.17, 15) is 8.78 Å². The summed E-state index contributed by atoms with van der Waals surface area (Å²) >= 11 is 0. The zero-order valence-corrected chi connectivity index (χ0v) is 17.0. The van der Waals surface area contributed by atoms with Crippen molar-refractivity contribution in [3.8, 4) is 5.69 Å². The van der Waals surface area contributed by atoms with Crippen molar-refractivity contribution >= 4 is 11.6 Å². The van der Waals surface area contributed by atoms with Gasteiger partial charge in [-0.15, -0.1) is 5.10 Å². The van der Waals surface area contributed by atoms with Crippen LogP contribution in [0.15, 0.2) is 42.7 Å². The zero-order valence-electron chi connectivity index (χ0n) is 17.0. The van der Waals surface area contributed by atoms with Crippen LogP contribution in [-0.2, 0) is 10.4 Å². The van der Waals surface area contributed by atoms with Gasteiger partial charge < -0.3 is 10.1 Å². The van der Waals surface area contributed by atoms with Gasteiger partial charge in [0.2, 0.25) is 5.95 Å². The third-order valence-corrected chi connectivity index (χ3v) is 5.84. The van der Waals surface area contributed by atoms with Crippen LogP contribution in [0, 0.1) is 18.6 Å². The Morgan fingerprint density at radius 3 is 2.61 bits per heavy atom. The number of rotatable bonds is 5. The van der Waals surface area contributed by atoms with E-state index in [0.717, 1.165) is 23.8 Å². The molecule has 0 aliphatic carbocycles. The first-order valence-corrected chi connectivity index (χ1v) is 10.2. The van der Waals surface area contributed by atoms with Gasteiger partial charge in [-0.3, -0.25) is 4.90 Å². The number of nitrogens with zero attached hydrogens (tertiary/aromatic N) is 4. The summed E-state index contributed by atoms with van der Waals surface area (Å²) in [4.78, 5) is 6.31. The monoisotopic (exact) mass is 431 g/mol. The van der Waals surface area contributed by atoms with Gasteiger partial charge in [-0.1, -0.05) is 6.07 Å². The molecule has 2 aromatic carbocycles. The molecule has 31 heavy (non-hydrogen) atoms. The number of halogens is 3. The molecule has 2 fully saturated rings. The largest absolute Gasteiger partial charge is 0.378 e. The average Bonchev–Trinajstić information content (AvgIpc) is 3.27. The van der Waals surface area contributed by atoms with Crippen LogP contribution < -0.4 is 5.32 Å². The van der Waals surface area contributed by atoms with E-state index in [0.29, 0.717) is 50.0 Å². The van der Waals surface area contributed by atoms with E-state index in [-0.39, 0.29) is 13.1 Å². The van der Waals surface area contributed by atoms with Crippen molar-refractivity contribution in [2.45, 2.75) is 25.1 Å². The van der Waals surface area contributed by atoms with Gasteiger partial charge in [0.05, 0.1) is 24.9 Å². The lowest BCUT2D eigenvalue weighted by molar-refractivity contribution is -0.0614. The van der Waals surface area contributed by atoms with E-state index in [1.54, 1.807) is 6.07 Å². The molecule has 0 amide bonds. The fourth-order valence-electron chi connectivity index (χ4n) is 4.14. The Balaban J connectivity index is 0.00000245. The quantitative estimate of drug-likeness (QED) is 0.659. The molecular formula is C22H24F3N5O. The maximum absolute atomic E-state index is 15.8. The second-order valence-corrected chi connectivity index (χ2v) is 8.23. The minimum atomic E-state index is -1.43. The second-order valence-electron chi connectivity index (χ2n) is 8.23. The Kier molecular flexibility index (Phi) is 4.94. The molecule has 0 radical (unpaired) electrons. The number of aryl methyl sites for hydroxylation is 1. The van der Waals surface area contributed by atoms with Crippen molar-refractivity contribution in [2.24, 2.45) is 0 Å². The van der Waals surface area contributed by atoms with E-state index in [2.05, 4.69) is 20.3 Å². The lowest BCUT2D eigenvalue weighted by Crippen LogP contribution is -2.48. The molecule has 0 spiro atoms. The molecule has 1 aromatic heterocycles. The molecule has 1 atom stereocenters. The summed E-state index contributed by atoms with van der Waals surface area (Å²) in [5.74, 6) is -1.15. The Hall–Kier alpha value is -2.91. The lowest BCUT2D eigenvalue weighted by Gasteiger charge is -2.35. The van der Waals surface area contributed by atoms with E-state index >= 15 is 4.39 Å². The molecule has 164 valence electrons. The molecule has 3 heterocycles. The van der Waals surface area contributed by atoms with Crippen LogP contribution in [0.2, 0.25) is 0 Å². The minimum Gasteiger partial charge on any atom is -0.378 e. The van der Waals surface area contributed by atoms with Crippen molar-refractivity contribution in [2.75, 3.05) is 31.6 Å². The molecule has 5 rings (SSSR count). The summed E-state index contributed by atoms with van der Waals surface area (Å²) in [5, 5.41) is 7.30. The summed E-state index contributed by atoms with van der Waals surface area (Å²) < 4.78 is 49.3. The SMILES string of the molecule is Cc1cc(Nc2ncn(-c3cc(F)cc(F)c3)n2)cc(C2(F)CCN(C3COC3)C2)c1.[HH]. The number of nitrogens with one attached hydrogen (secondary N) is 1. The Labute approximate surface area is 179 Å². The van der Waals surface area contributed by atoms with Crippen molar-refractivity contribution in [1.29, 1.82) is 0 Å². The Morgan fingerprint density at radius 2 is 1.90 bits per heavy atom. The maximum atomic E-state index is 15.8. The fraction of sp³-hybridized carbons (Fsp3) is 0.364. The average molecular weight is 431 g/mol. The van der Waals surface area contributed by atoms with Crippen LogP contribution in [0.3, 0.4) is 0 Å². The normalized spacial score (nSPS) is 21.9. The molecule has 1 unspecified atom stereocenters. The van der Waals surface area contributed by atoms with Crippen LogP contribution in [-0.4, -0.2) is 52.0 Å². The number of ether oxygens (including phenoxy) is 1. The first kappa shape index (κ1) is 20.0. The van der Waals surface area contributed by atoms with Gasteiger partial charge in [-0.2, -0.15) is 4.98 Å². The number of aromatic nitrogens is 3. The maximum Gasteiger partial charge on any atom is 0.246 e. The predicted octanol–water partition coefficient (Wildman–Crippen LogP) is 4.11. The summed E-state index contributed by atoms with van der Waals surface area (Å²) in [6, 6.07) is 8.95. The summed E-state index contributed by atoms with van der Waals surface area (Å²) in [5.41, 5.74) is 0.972. The Bertz CT molecular complexity index is 1100. The Morgan fingerprint density at radius 1 is 1.13 bits per heavy atom. The van der Waals surface area contributed by atoms with Crippen molar-refractivity contribution < 1.29 is 19.3 Å². The molecule has 6 nitrogen and oxygen atoms in total. The zero-order chi connectivity index (χ0) is 21.6. The van der Waals surface area contributed by atoms with E-state index in [1.165, 1.54) is 11.0 Å². The standard InChI is InChI=1S/C22H22F3N5O.H2/c1-14-4-15(22(25)2-3-29(12-22)20-10-31-11-20)6-18(5-14)27-21-26-13-30(28-21)19-8-16(23)7-17(24)9-19;/h4-9,13,20H,2-3,10-12H2,1H3,(H,27,28);1H. The van der Waals surface area contributed by atoms with E-state index < -0.39 is 17.3 Å². The lowest BCUT2D eigenvalue weighted by atomic mass is 9.93. The van der Waals surface area contributed by atoms with Gasteiger partial charge in [0, 0.05) is 26.3 Å². The van der Waals surface area contributed by atoms with Crippen molar-refractivity contribution in [3.05, 3.63) is 65.5 Å². The highest BCUT2D eigenvalue weighted by molar-refractivity contribution is 5.57. The molecule has 0 bridgehead atoms. The number of hydrogen-bond donors (Lipinski definition) is 1. The number of likely N-dealkylation sites (tertiary alicyclic amines) is 1. The van der Waals surface area contributed by atoms with Crippen LogP contribution in [0.4, 0.5) is 24.8 Å². The third-order valence-electron chi connectivity index (χ3n) is 5.84.